The molecule has 0 fully saturated rings. The van der Waals surface area contributed by atoms with Gasteiger partial charge in [-0.3, -0.25) is 4.79 Å². The highest BCUT2D eigenvalue weighted by atomic mass is 79.9. The number of nitrogens with zero attached hydrogens (tertiary/aromatic N) is 1. The Labute approximate surface area is 103 Å². The van der Waals surface area contributed by atoms with Gasteiger partial charge in [-0.15, -0.1) is 0 Å². The molecule has 0 aromatic heterocycles. The molecule has 1 atom stereocenters. The molecule has 1 amide bonds. The summed E-state index contributed by atoms with van der Waals surface area (Å²) in [5.41, 5.74) is 1.36. The smallest absolute Gasteiger partial charge is 0.241 e. The first kappa shape index (κ1) is 12.5. The maximum absolute atomic E-state index is 11.3. The van der Waals surface area contributed by atoms with Crippen LogP contribution in [0.5, 0.6) is 0 Å². The molecule has 0 aliphatic rings. The molecular formula is C11H12BrN3O. The fourth-order valence-corrected chi connectivity index (χ4v) is 1.71. The molecule has 0 saturated carbocycles. The Balaban J connectivity index is 2.83. The SMILES string of the molecule is CNC(=O)C(C)Nc1ccc(C#N)cc1Br. The number of amides is 1. The fraction of sp³-hybridized carbons (Fsp3) is 0.273. The van der Waals surface area contributed by atoms with Gasteiger partial charge in [0.2, 0.25) is 5.91 Å². The Kier molecular flexibility index (Phi) is 4.32. The van der Waals surface area contributed by atoms with E-state index in [1.807, 2.05) is 6.07 Å². The quantitative estimate of drug-likeness (QED) is 0.889. The Morgan fingerprint density at radius 3 is 2.75 bits per heavy atom. The highest BCUT2D eigenvalue weighted by Crippen LogP contribution is 2.23. The summed E-state index contributed by atoms with van der Waals surface area (Å²) >= 11 is 3.34. The van der Waals surface area contributed by atoms with E-state index in [1.54, 1.807) is 32.2 Å². The summed E-state index contributed by atoms with van der Waals surface area (Å²) in [6.07, 6.45) is 0. The number of anilines is 1. The first-order chi connectivity index (χ1) is 7.58. The topological polar surface area (TPSA) is 64.9 Å². The van der Waals surface area contributed by atoms with Gasteiger partial charge < -0.3 is 10.6 Å². The Bertz CT molecular complexity index is 439. The van der Waals surface area contributed by atoms with Crippen molar-refractivity contribution >= 4 is 27.5 Å². The largest absolute Gasteiger partial charge is 0.373 e. The number of hydrogen-bond donors (Lipinski definition) is 2. The molecule has 16 heavy (non-hydrogen) atoms. The van der Waals surface area contributed by atoms with Gasteiger partial charge in [-0.25, -0.2) is 0 Å². The van der Waals surface area contributed by atoms with E-state index in [2.05, 4.69) is 26.6 Å². The van der Waals surface area contributed by atoms with Crippen molar-refractivity contribution in [2.24, 2.45) is 0 Å². The lowest BCUT2D eigenvalue weighted by Crippen LogP contribution is -2.35. The van der Waals surface area contributed by atoms with Gasteiger partial charge >= 0.3 is 0 Å². The van der Waals surface area contributed by atoms with Gasteiger partial charge in [0.25, 0.3) is 0 Å². The minimum absolute atomic E-state index is 0.0868. The van der Waals surface area contributed by atoms with Crippen LogP contribution in [0.15, 0.2) is 22.7 Å². The molecule has 4 nitrogen and oxygen atoms in total. The predicted molar refractivity (Wildman–Crippen MR) is 66.0 cm³/mol. The van der Waals surface area contributed by atoms with Crippen molar-refractivity contribution in [1.82, 2.24) is 5.32 Å². The minimum atomic E-state index is -0.325. The lowest BCUT2D eigenvalue weighted by atomic mass is 10.2. The molecule has 0 radical (unpaired) electrons. The van der Waals surface area contributed by atoms with E-state index in [9.17, 15) is 4.79 Å². The van der Waals surface area contributed by atoms with Gasteiger partial charge in [-0.2, -0.15) is 5.26 Å². The van der Waals surface area contributed by atoms with E-state index in [4.69, 9.17) is 5.26 Å². The Hall–Kier alpha value is -1.54. The highest BCUT2D eigenvalue weighted by Gasteiger charge is 2.11. The first-order valence-electron chi connectivity index (χ1n) is 4.76. The number of halogens is 1. The number of hydrogen-bond acceptors (Lipinski definition) is 3. The zero-order chi connectivity index (χ0) is 12.1. The van der Waals surface area contributed by atoms with E-state index >= 15 is 0 Å². The normalized spacial score (nSPS) is 11.4. The van der Waals surface area contributed by atoms with Crippen molar-refractivity contribution in [2.75, 3.05) is 12.4 Å². The van der Waals surface area contributed by atoms with Crippen LogP contribution in [0.1, 0.15) is 12.5 Å². The molecule has 0 spiro atoms. The average molecular weight is 282 g/mol. The van der Waals surface area contributed by atoms with E-state index < -0.39 is 0 Å². The number of carbonyl (C=O) groups is 1. The van der Waals surface area contributed by atoms with Crippen molar-refractivity contribution in [3.8, 4) is 6.07 Å². The Morgan fingerprint density at radius 1 is 1.56 bits per heavy atom. The van der Waals surface area contributed by atoms with E-state index in [-0.39, 0.29) is 11.9 Å². The lowest BCUT2D eigenvalue weighted by molar-refractivity contribution is -0.121. The number of nitrogens with one attached hydrogen (secondary N) is 2. The second kappa shape index (κ2) is 5.52. The first-order valence-corrected chi connectivity index (χ1v) is 5.55. The van der Waals surface area contributed by atoms with Gasteiger partial charge in [0.15, 0.2) is 0 Å². The summed E-state index contributed by atoms with van der Waals surface area (Å²) in [6, 6.07) is 6.89. The minimum Gasteiger partial charge on any atom is -0.373 e. The van der Waals surface area contributed by atoms with Crippen LogP contribution in [0, 0.1) is 11.3 Å². The van der Waals surface area contributed by atoms with Crippen LogP contribution in [0.3, 0.4) is 0 Å². The van der Waals surface area contributed by atoms with Crippen LogP contribution < -0.4 is 10.6 Å². The summed E-state index contributed by atoms with van der Waals surface area (Å²) in [5, 5.41) is 14.3. The standard InChI is InChI=1S/C11H12BrN3O/c1-7(11(16)14-2)15-10-4-3-8(6-13)5-9(10)12/h3-5,7,15H,1-2H3,(H,14,16). The van der Waals surface area contributed by atoms with Crippen molar-refractivity contribution in [1.29, 1.82) is 5.26 Å². The second-order valence-electron chi connectivity index (χ2n) is 3.29. The molecule has 0 bridgehead atoms. The van der Waals surface area contributed by atoms with Crippen molar-refractivity contribution in [3.63, 3.8) is 0 Å². The van der Waals surface area contributed by atoms with Gasteiger partial charge in [0, 0.05) is 17.2 Å². The molecule has 5 heteroatoms. The third-order valence-corrected chi connectivity index (χ3v) is 2.77. The van der Waals surface area contributed by atoms with Gasteiger partial charge in [0.1, 0.15) is 6.04 Å². The molecule has 1 aromatic rings. The van der Waals surface area contributed by atoms with E-state index in [1.165, 1.54) is 0 Å². The number of rotatable bonds is 3. The van der Waals surface area contributed by atoms with Crippen molar-refractivity contribution < 1.29 is 4.79 Å². The predicted octanol–water partition coefficient (Wildman–Crippen LogP) is 1.87. The summed E-state index contributed by atoms with van der Waals surface area (Å²) in [7, 11) is 1.59. The second-order valence-corrected chi connectivity index (χ2v) is 4.14. The molecule has 0 aliphatic heterocycles. The van der Waals surface area contributed by atoms with Gasteiger partial charge in [-0.1, -0.05) is 0 Å². The van der Waals surface area contributed by atoms with Crippen LogP contribution in [0.2, 0.25) is 0 Å². The summed E-state index contributed by atoms with van der Waals surface area (Å²) in [4.78, 5) is 11.3. The molecule has 0 aliphatic carbocycles. The molecule has 0 saturated heterocycles. The van der Waals surface area contributed by atoms with Crippen LogP contribution in [0.4, 0.5) is 5.69 Å². The third-order valence-electron chi connectivity index (χ3n) is 2.11. The van der Waals surface area contributed by atoms with Crippen LogP contribution in [-0.2, 0) is 4.79 Å². The number of likely N-dealkylation sites (N-methyl/N-ethyl adjacent to an activating group) is 1. The van der Waals surface area contributed by atoms with Crippen molar-refractivity contribution in [3.05, 3.63) is 28.2 Å². The molecule has 0 heterocycles. The summed E-state index contributed by atoms with van der Waals surface area (Å²) in [5.74, 6) is -0.0868. The maximum atomic E-state index is 11.3. The fourth-order valence-electron chi connectivity index (χ4n) is 1.22. The Morgan fingerprint density at radius 2 is 2.25 bits per heavy atom. The molecule has 84 valence electrons. The van der Waals surface area contributed by atoms with Crippen molar-refractivity contribution in [2.45, 2.75) is 13.0 Å². The zero-order valence-corrected chi connectivity index (χ0v) is 10.6. The monoisotopic (exact) mass is 281 g/mol. The molecule has 1 rings (SSSR count). The zero-order valence-electron chi connectivity index (χ0n) is 9.04. The van der Waals surface area contributed by atoms with Gasteiger partial charge in [0.05, 0.1) is 11.6 Å². The molecular weight excluding hydrogens is 270 g/mol. The number of benzene rings is 1. The third kappa shape index (κ3) is 2.97. The van der Waals surface area contributed by atoms with E-state index in [0.717, 1.165) is 10.2 Å². The summed E-state index contributed by atoms with van der Waals surface area (Å²) < 4.78 is 0.766. The number of carbonyl (C=O) groups excluding carboxylic acids is 1. The van der Waals surface area contributed by atoms with E-state index in [0.29, 0.717) is 5.56 Å². The molecule has 1 aromatic carbocycles. The number of nitriles is 1. The van der Waals surface area contributed by atoms with Crippen LogP contribution in [0.25, 0.3) is 0 Å². The molecule has 1 unspecified atom stereocenters. The lowest BCUT2D eigenvalue weighted by Gasteiger charge is -2.14. The van der Waals surface area contributed by atoms with Crippen LogP contribution >= 0.6 is 15.9 Å². The average Bonchev–Trinajstić information content (AvgIpc) is 2.30. The van der Waals surface area contributed by atoms with Crippen LogP contribution in [-0.4, -0.2) is 19.0 Å². The van der Waals surface area contributed by atoms with Gasteiger partial charge in [-0.05, 0) is 41.1 Å². The molecule has 2 N–H and O–H groups in total. The summed E-state index contributed by atoms with van der Waals surface area (Å²) in [6.45, 7) is 1.77. The maximum Gasteiger partial charge on any atom is 0.241 e. The highest BCUT2D eigenvalue weighted by molar-refractivity contribution is 9.10.